The summed E-state index contributed by atoms with van der Waals surface area (Å²) in [5, 5.41) is 7.47. The number of hydrogen-bond acceptors (Lipinski definition) is 5. The van der Waals surface area contributed by atoms with Crippen molar-refractivity contribution >= 4 is 40.7 Å². The number of benzene rings is 2. The first-order chi connectivity index (χ1) is 18.0. The number of carbonyl (C=O) groups is 1. The molecule has 5 rings (SSSR count). The second-order valence-corrected chi connectivity index (χ2v) is 10.2. The third kappa shape index (κ3) is 6.00. The molecule has 0 bridgehead atoms. The maximum absolute atomic E-state index is 13.2. The van der Waals surface area contributed by atoms with E-state index in [9.17, 15) is 9.18 Å². The van der Waals surface area contributed by atoms with Crippen LogP contribution in [0, 0.1) is 12.7 Å². The Labute approximate surface area is 224 Å². The van der Waals surface area contributed by atoms with Crippen molar-refractivity contribution in [3.05, 3.63) is 108 Å². The van der Waals surface area contributed by atoms with E-state index in [0.717, 1.165) is 21.4 Å². The summed E-state index contributed by atoms with van der Waals surface area (Å²) in [5.74, 6) is 0.189. The molecule has 0 unspecified atom stereocenters. The van der Waals surface area contributed by atoms with Gasteiger partial charge in [0.25, 0.3) is 0 Å². The number of pyridine rings is 1. The molecule has 2 aromatic heterocycles. The average molecular weight is 533 g/mol. The van der Waals surface area contributed by atoms with Gasteiger partial charge in [-0.2, -0.15) is 0 Å². The lowest BCUT2D eigenvalue weighted by molar-refractivity contribution is -0.116. The van der Waals surface area contributed by atoms with Crippen LogP contribution in [-0.4, -0.2) is 27.4 Å². The number of hydrogen-bond donors (Lipinski definition) is 2. The fourth-order valence-electron chi connectivity index (χ4n) is 4.20. The van der Waals surface area contributed by atoms with E-state index in [-0.39, 0.29) is 30.2 Å². The number of aryl methyl sites for hydroxylation is 1. The van der Waals surface area contributed by atoms with E-state index in [2.05, 4.69) is 46.8 Å². The minimum Gasteiger partial charge on any atom is -0.452 e. The molecular weight excluding hydrogens is 507 g/mol. The first-order valence-electron chi connectivity index (χ1n) is 11.8. The zero-order valence-corrected chi connectivity index (χ0v) is 21.7. The topological polar surface area (TPSA) is 70.4 Å². The van der Waals surface area contributed by atoms with E-state index in [1.165, 1.54) is 29.8 Å². The van der Waals surface area contributed by atoms with Crippen LogP contribution in [0.15, 0.2) is 99.5 Å². The minimum atomic E-state index is -0.353. The minimum absolute atomic E-state index is 0.190. The largest absolute Gasteiger partial charge is 0.452 e. The molecule has 3 heterocycles. The van der Waals surface area contributed by atoms with Crippen LogP contribution in [0.25, 0.3) is 0 Å². The standard InChI is InChI=1S/C28H25FN4O2S2/c1-18-5-11-21(12-6-18)37-25-14-13-23(35-25)27-26(22-4-2-3-16-30-22)32-28(36)33(27)17-15-24(34)31-20-9-7-19(29)8-10-20/h2-14,16,26-27H,15,17H2,1H3,(H,31,34)(H,32,36)/t26-,27-/m1/s1. The number of nitrogens with zero attached hydrogens (tertiary/aromatic N) is 2. The maximum atomic E-state index is 13.2. The van der Waals surface area contributed by atoms with Gasteiger partial charge in [0.1, 0.15) is 17.6 Å². The summed E-state index contributed by atoms with van der Waals surface area (Å²) in [6.07, 6.45) is 1.94. The Balaban J connectivity index is 1.35. The summed E-state index contributed by atoms with van der Waals surface area (Å²) in [4.78, 5) is 20.2. The van der Waals surface area contributed by atoms with Crippen LogP contribution < -0.4 is 10.6 Å². The third-order valence-electron chi connectivity index (χ3n) is 6.04. The zero-order chi connectivity index (χ0) is 25.8. The average Bonchev–Trinajstić information content (AvgIpc) is 3.49. The van der Waals surface area contributed by atoms with Gasteiger partial charge in [-0.15, -0.1) is 0 Å². The molecular formula is C28H25FN4O2S2. The van der Waals surface area contributed by atoms with Crippen molar-refractivity contribution in [2.75, 3.05) is 11.9 Å². The molecule has 1 amide bonds. The fourth-order valence-corrected chi connectivity index (χ4v) is 5.31. The number of rotatable bonds is 8. The van der Waals surface area contributed by atoms with Crippen LogP contribution in [0.4, 0.5) is 10.1 Å². The summed E-state index contributed by atoms with van der Waals surface area (Å²) in [7, 11) is 0. The lowest BCUT2D eigenvalue weighted by Crippen LogP contribution is -2.32. The van der Waals surface area contributed by atoms with Gasteiger partial charge in [0.2, 0.25) is 5.91 Å². The molecule has 0 aliphatic carbocycles. The Morgan fingerprint density at radius 3 is 2.62 bits per heavy atom. The van der Waals surface area contributed by atoms with Crippen LogP contribution in [0.1, 0.15) is 35.5 Å². The van der Waals surface area contributed by atoms with Crippen molar-refractivity contribution in [3.63, 3.8) is 0 Å². The van der Waals surface area contributed by atoms with Gasteiger partial charge in [-0.1, -0.05) is 35.5 Å². The van der Waals surface area contributed by atoms with Crippen LogP contribution in [-0.2, 0) is 4.79 Å². The summed E-state index contributed by atoms with van der Waals surface area (Å²) >= 11 is 7.23. The SMILES string of the molecule is Cc1ccc(Sc2ccc([C@@H]3[C@@H](c4ccccn4)NC(=S)N3CCC(=O)Nc3ccc(F)cc3)o2)cc1. The summed E-state index contributed by atoms with van der Waals surface area (Å²) < 4.78 is 19.5. The number of aromatic nitrogens is 1. The summed E-state index contributed by atoms with van der Waals surface area (Å²) in [6.45, 7) is 2.43. The monoisotopic (exact) mass is 532 g/mol. The number of anilines is 1. The molecule has 0 radical (unpaired) electrons. The number of amides is 1. The van der Waals surface area contributed by atoms with Gasteiger partial charge in [0.05, 0.1) is 11.7 Å². The van der Waals surface area contributed by atoms with Gasteiger partial charge < -0.3 is 20.0 Å². The predicted octanol–water partition coefficient (Wildman–Crippen LogP) is 6.27. The molecule has 0 spiro atoms. The van der Waals surface area contributed by atoms with Crippen LogP contribution in [0.5, 0.6) is 0 Å². The highest BCUT2D eigenvalue weighted by molar-refractivity contribution is 7.99. The highest BCUT2D eigenvalue weighted by Crippen LogP contribution is 2.41. The second kappa shape index (κ2) is 11.1. The quantitative estimate of drug-likeness (QED) is 0.259. The van der Waals surface area contributed by atoms with Crippen LogP contribution in [0.2, 0.25) is 0 Å². The van der Waals surface area contributed by atoms with Crippen LogP contribution >= 0.6 is 24.0 Å². The molecule has 37 heavy (non-hydrogen) atoms. The maximum Gasteiger partial charge on any atom is 0.226 e. The van der Waals surface area contributed by atoms with Crippen molar-refractivity contribution in [1.82, 2.24) is 15.2 Å². The highest BCUT2D eigenvalue weighted by Gasteiger charge is 2.41. The number of furan rings is 1. The molecule has 9 heteroatoms. The van der Waals surface area contributed by atoms with E-state index < -0.39 is 0 Å². The highest BCUT2D eigenvalue weighted by atomic mass is 32.2. The van der Waals surface area contributed by atoms with Gasteiger partial charge in [0, 0.05) is 29.7 Å². The van der Waals surface area contributed by atoms with E-state index in [0.29, 0.717) is 17.3 Å². The molecule has 1 aliphatic rings. The smallest absolute Gasteiger partial charge is 0.226 e. The van der Waals surface area contributed by atoms with Gasteiger partial charge in [-0.3, -0.25) is 9.78 Å². The zero-order valence-electron chi connectivity index (χ0n) is 20.1. The number of carbonyl (C=O) groups excluding carboxylic acids is 1. The van der Waals surface area contributed by atoms with E-state index in [1.54, 1.807) is 18.0 Å². The first kappa shape index (κ1) is 25.0. The van der Waals surface area contributed by atoms with Crippen molar-refractivity contribution < 1.29 is 13.6 Å². The molecule has 1 saturated heterocycles. The van der Waals surface area contributed by atoms with Crippen LogP contribution in [0.3, 0.4) is 0 Å². The molecule has 2 aromatic carbocycles. The summed E-state index contributed by atoms with van der Waals surface area (Å²) in [6, 6.07) is 23.1. The molecule has 1 fully saturated rings. The van der Waals surface area contributed by atoms with Crippen molar-refractivity contribution in [2.45, 2.75) is 35.4 Å². The number of halogens is 1. The van der Waals surface area contributed by atoms with Gasteiger partial charge in [-0.05, 0) is 79.8 Å². The Bertz CT molecular complexity index is 1380. The van der Waals surface area contributed by atoms with E-state index in [1.807, 2.05) is 35.2 Å². The van der Waals surface area contributed by atoms with E-state index in [4.69, 9.17) is 16.6 Å². The first-order valence-corrected chi connectivity index (χ1v) is 13.1. The molecule has 188 valence electrons. The lowest BCUT2D eigenvalue weighted by Gasteiger charge is -2.25. The molecule has 6 nitrogen and oxygen atoms in total. The van der Waals surface area contributed by atoms with Crippen molar-refractivity contribution in [3.8, 4) is 0 Å². The van der Waals surface area contributed by atoms with E-state index >= 15 is 0 Å². The molecule has 4 aromatic rings. The van der Waals surface area contributed by atoms with Gasteiger partial charge in [-0.25, -0.2) is 4.39 Å². The van der Waals surface area contributed by atoms with Gasteiger partial charge in [0.15, 0.2) is 10.2 Å². The number of thiocarbonyl (C=S) groups is 1. The Morgan fingerprint density at radius 1 is 1.11 bits per heavy atom. The summed E-state index contributed by atoms with van der Waals surface area (Å²) in [5.41, 5.74) is 2.57. The van der Waals surface area contributed by atoms with Crippen molar-refractivity contribution in [1.29, 1.82) is 0 Å². The molecule has 0 saturated carbocycles. The Morgan fingerprint density at radius 2 is 1.89 bits per heavy atom. The number of nitrogens with one attached hydrogen (secondary N) is 2. The predicted molar refractivity (Wildman–Crippen MR) is 146 cm³/mol. The molecule has 1 aliphatic heterocycles. The van der Waals surface area contributed by atoms with Crippen molar-refractivity contribution in [2.24, 2.45) is 0 Å². The second-order valence-electron chi connectivity index (χ2n) is 8.70. The molecule has 2 N–H and O–H groups in total. The van der Waals surface area contributed by atoms with Gasteiger partial charge >= 0.3 is 0 Å². The lowest BCUT2D eigenvalue weighted by atomic mass is 10.0. The fraction of sp³-hybridized carbons (Fsp3) is 0.179. The third-order valence-corrected chi connectivity index (χ3v) is 7.32. The Kier molecular flexibility index (Phi) is 7.52. The normalized spacial score (nSPS) is 17.0. The molecule has 2 atom stereocenters. The Hall–Kier alpha value is -3.69.